The molecule has 0 radical (unpaired) electrons. The van der Waals surface area contributed by atoms with Crippen LogP contribution >= 0.6 is 0 Å². The van der Waals surface area contributed by atoms with E-state index in [0.717, 1.165) is 23.6 Å². The highest BCUT2D eigenvalue weighted by molar-refractivity contribution is 5.57. The highest BCUT2D eigenvalue weighted by Crippen LogP contribution is 2.26. The molecular formula is C19H19FN4O. The topological polar surface area (TPSA) is 54.0 Å². The number of aromatic amines is 1. The van der Waals surface area contributed by atoms with E-state index in [0.29, 0.717) is 25.3 Å². The second-order valence-corrected chi connectivity index (χ2v) is 6.07. The van der Waals surface area contributed by atoms with Gasteiger partial charge in [0.15, 0.2) is 0 Å². The minimum Gasteiger partial charge on any atom is -0.378 e. The molecule has 128 valence electrons. The summed E-state index contributed by atoms with van der Waals surface area (Å²) >= 11 is 0. The third-order valence-electron chi connectivity index (χ3n) is 4.47. The molecule has 1 saturated heterocycles. The van der Waals surface area contributed by atoms with Gasteiger partial charge >= 0.3 is 0 Å². The lowest BCUT2D eigenvalue weighted by Gasteiger charge is -2.34. The normalized spacial score (nSPS) is 18.4. The molecule has 0 bridgehead atoms. The molecule has 0 aliphatic carbocycles. The predicted molar refractivity (Wildman–Crippen MR) is 92.2 cm³/mol. The number of aromatic nitrogens is 3. The maximum atomic E-state index is 14.0. The average Bonchev–Trinajstić information content (AvgIpc) is 3.15. The summed E-state index contributed by atoms with van der Waals surface area (Å²) in [5.41, 5.74) is 2.66. The molecule has 1 aromatic carbocycles. The number of hydrogen-bond donors (Lipinski definition) is 1. The van der Waals surface area contributed by atoms with Crippen molar-refractivity contribution < 1.29 is 9.13 Å². The Labute approximate surface area is 145 Å². The predicted octanol–water partition coefficient (Wildman–Crippen LogP) is 3.18. The zero-order chi connectivity index (χ0) is 17.1. The van der Waals surface area contributed by atoms with Crippen LogP contribution in [0.1, 0.15) is 17.4 Å². The molecule has 1 aliphatic heterocycles. The highest BCUT2D eigenvalue weighted by atomic mass is 19.1. The SMILES string of the molecule is Fc1ccccc1CN1CCOCC1c1ncc(-c2ccncc2)[nH]1. The summed E-state index contributed by atoms with van der Waals surface area (Å²) in [6, 6.07) is 10.7. The Balaban J connectivity index is 1.57. The molecule has 2 aromatic heterocycles. The second kappa shape index (κ2) is 7.13. The Kier molecular flexibility index (Phi) is 4.54. The zero-order valence-electron chi connectivity index (χ0n) is 13.7. The van der Waals surface area contributed by atoms with Crippen molar-refractivity contribution >= 4 is 0 Å². The number of hydrogen-bond acceptors (Lipinski definition) is 4. The van der Waals surface area contributed by atoms with Crippen molar-refractivity contribution in [1.82, 2.24) is 19.9 Å². The van der Waals surface area contributed by atoms with Crippen molar-refractivity contribution in [3.05, 3.63) is 72.2 Å². The summed E-state index contributed by atoms with van der Waals surface area (Å²) in [6.45, 7) is 2.46. The van der Waals surface area contributed by atoms with Gasteiger partial charge in [-0.25, -0.2) is 9.37 Å². The van der Waals surface area contributed by atoms with E-state index in [4.69, 9.17) is 4.74 Å². The van der Waals surface area contributed by atoms with E-state index < -0.39 is 0 Å². The van der Waals surface area contributed by atoms with Crippen LogP contribution in [-0.2, 0) is 11.3 Å². The Bertz CT molecular complexity index is 836. The quantitative estimate of drug-likeness (QED) is 0.794. The van der Waals surface area contributed by atoms with Crippen LogP contribution in [0.15, 0.2) is 55.0 Å². The van der Waals surface area contributed by atoms with E-state index in [-0.39, 0.29) is 11.9 Å². The van der Waals surface area contributed by atoms with E-state index in [9.17, 15) is 4.39 Å². The molecule has 1 aliphatic rings. The lowest BCUT2D eigenvalue weighted by molar-refractivity contribution is -0.0160. The summed E-state index contributed by atoms with van der Waals surface area (Å²) in [6.07, 6.45) is 5.33. The van der Waals surface area contributed by atoms with E-state index in [1.54, 1.807) is 18.5 Å². The van der Waals surface area contributed by atoms with Gasteiger partial charge in [0.25, 0.3) is 0 Å². The molecule has 1 fully saturated rings. The molecule has 1 unspecified atom stereocenters. The van der Waals surface area contributed by atoms with Gasteiger partial charge < -0.3 is 9.72 Å². The lowest BCUT2D eigenvalue weighted by atomic mass is 10.1. The van der Waals surface area contributed by atoms with Crippen molar-refractivity contribution in [1.29, 1.82) is 0 Å². The molecule has 4 rings (SSSR count). The van der Waals surface area contributed by atoms with Gasteiger partial charge in [-0.05, 0) is 18.2 Å². The summed E-state index contributed by atoms with van der Waals surface area (Å²) < 4.78 is 19.7. The van der Waals surface area contributed by atoms with Crippen molar-refractivity contribution in [3.8, 4) is 11.3 Å². The molecule has 25 heavy (non-hydrogen) atoms. The average molecular weight is 338 g/mol. The van der Waals surface area contributed by atoms with Crippen LogP contribution in [0.5, 0.6) is 0 Å². The lowest BCUT2D eigenvalue weighted by Crippen LogP contribution is -2.39. The Morgan fingerprint density at radius 3 is 2.88 bits per heavy atom. The van der Waals surface area contributed by atoms with Crippen LogP contribution in [-0.4, -0.2) is 39.6 Å². The van der Waals surface area contributed by atoms with Gasteiger partial charge in [0.1, 0.15) is 11.6 Å². The minimum absolute atomic E-state index is 0.0241. The van der Waals surface area contributed by atoms with Crippen molar-refractivity contribution in [3.63, 3.8) is 0 Å². The molecule has 3 heterocycles. The largest absolute Gasteiger partial charge is 0.378 e. The molecule has 1 N–H and O–H groups in total. The monoisotopic (exact) mass is 338 g/mol. The van der Waals surface area contributed by atoms with E-state index in [1.165, 1.54) is 6.07 Å². The van der Waals surface area contributed by atoms with Gasteiger partial charge in [-0.3, -0.25) is 9.88 Å². The van der Waals surface area contributed by atoms with E-state index in [2.05, 4.69) is 19.9 Å². The Morgan fingerprint density at radius 1 is 1.20 bits per heavy atom. The van der Waals surface area contributed by atoms with Crippen molar-refractivity contribution in [2.75, 3.05) is 19.8 Å². The van der Waals surface area contributed by atoms with Crippen LogP contribution in [0.25, 0.3) is 11.3 Å². The first kappa shape index (κ1) is 15.9. The number of rotatable bonds is 4. The maximum Gasteiger partial charge on any atom is 0.127 e. The number of pyridine rings is 1. The standard InChI is InChI=1S/C19H19FN4O/c20-16-4-2-1-3-15(16)12-24-9-10-25-13-18(24)19-22-11-17(23-19)14-5-7-21-8-6-14/h1-8,11,18H,9-10,12-13H2,(H,22,23). The number of benzene rings is 1. The fraction of sp³-hybridized carbons (Fsp3) is 0.263. The number of H-pyrrole nitrogens is 1. The first-order valence-corrected chi connectivity index (χ1v) is 8.32. The number of nitrogens with one attached hydrogen (secondary N) is 1. The number of imidazole rings is 1. The summed E-state index contributed by atoms with van der Waals surface area (Å²) in [4.78, 5) is 14.2. The Morgan fingerprint density at radius 2 is 2.04 bits per heavy atom. The van der Waals surface area contributed by atoms with E-state index in [1.807, 2.05) is 30.5 Å². The van der Waals surface area contributed by atoms with Crippen LogP contribution in [0.3, 0.4) is 0 Å². The first-order chi connectivity index (χ1) is 12.3. The van der Waals surface area contributed by atoms with Crippen molar-refractivity contribution in [2.45, 2.75) is 12.6 Å². The first-order valence-electron chi connectivity index (χ1n) is 8.32. The number of ether oxygens (including phenoxy) is 1. The van der Waals surface area contributed by atoms with Gasteiger partial charge in [-0.2, -0.15) is 0 Å². The molecule has 1 atom stereocenters. The summed E-state index contributed by atoms with van der Waals surface area (Å²) in [5.74, 6) is 0.660. The van der Waals surface area contributed by atoms with Crippen LogP contribution in [0, 0.1) is 5.82 Å². The molecule has 0 saturated carbocycles. The third-order valence-corrected chi connectivity index (χ3v) is 4.47. The highest BCUT2D eigenvalue weighted by Gasteiger charge is 2.27. The van der Waals surface area contributed by atoms with Crippen molar-refractivity contribution in [2.24, 2.45) is 0 Å². The third kappa shape index (κ3) is 3.45. The molecule has 6 heteroatoms. The number of halogens is 1. The fourth-order valence-electron chi connectivity index (χ4n) is 3.11. The zero-order valence-corrected chi connectivity index (χ0v) is 13.7. The van der Waals surface area contributed by atoms with Crippen LogP contribution in [0.4, 0.5) is 4.39 Å². The van der Waals surface area contributed by atoms with Gasteiger partial charge in [-0.1, -0.05) is 18.2 Å². The van der Waals surface area contributed by atoms with Gasteiger partial charge in [0, 0.05) is 36.6 Å². The molecule has 0 spiro atoms. The smallest absolute Gasteiger partial charge is 0.127 e. The molecule has 0 amide bonds. The minimum atomic E-state index is -0.176. The van der Waals surface area contributed by atoms with Crippen LogP contribution < -0.4 is 0 Å². The van der Waals surface area contributed by atoms with Gasteiger partial charge in [0.05, 0.1) is 31.1 Å². The second-order valence-electron chi connectivity index (χ2n) is 6.07. The summed E-state index contributed by atoms with van der Waals surface area (Å²) in [7, 11) is 0. The van der Waals surface area contributed by atoms with Crippen LogP contribution in [0.2, 0.25) is 0 Å². The van der Waals surface area contributed by atoms with Gasteiger partial charge in [0.2, 0.25) is 0 Å². The molecule has 3 aromatic rings. The number of nitrogens with zero attached hydrogens (tertiary/aromatic N) is 3. The van der Waals surface area contributed by atoms with Gasteiger partial charge in [-0.15, -0.1) is 0 Å². The molecular weight excluding hydrogens is 319 g/mol. The van der Waals surface area contributed by atoms with E-state index >= 15 is 0 Å². The number of morpholine rings is 1. The fourth-order valence-corrected chi connectivity index (χ4v) is 3.11. The maximum absolute atomic E-state index is 14.0. The molecule has 5 nitrogen and oxygen atoms in total. The summed E-state index contributed by atoms with van der Waals surface area (Å²) in [5, 5.41) is 0. The Hall–Kier alpha value is -2.57.